The van der Waals surface area contributed by atoms with Gasteiger partial charge in [-0.2, -0.15) is 13.2 Å². The zero-order valence-corrected chi connectivity index (χ0v) is 17.0. The molecular weight excluding hydrogens is 412 g/mol. The third-order valence-electron chi connectivity index (χ3n) is 6.11. The molecule has 1 aliphatic carbocycles. The third-order valence-corrected chi connectivity index (χ3v) is 6.11. The van der Waals surface area contributed by atoms with Gasteiger partial charge in [0.15, 0.2) is 17.2 Å². The molecule has 31 heavy (non-hydrogen) atoms. The number of pyridine rings is 1. The number of hydrogen-bond donors (Lipinski definition) is 3. The molecule has 3 unspecified atom stereocenters. The fraction of sp³-hybridized carbons (Fsp3) is 0.348. The number of aryl methyl sites for hydroxylation is 1. The largest absolute Gasteiger partial charge is 0.505 e. The van der Waals surface area contributed by atoms with E-state index in [4.69, 9.17) is 0 Å². The Kier molecular flexibility index (Phi) is 5.08. The number of aromatic nitrogens is 1. The van der Waals surface area contributed by atoms with Crippen molar-refractivity contribution in [2.75, 3.05) is 5.32 Å². The van der Waals surface area contributed by atoms with E-state index < -0.39 is 41.7 Å². The van der Waals surface area contributed by atoms with E-state index in [1.54, 1.807) is 37.3 Å². The first-order chi connectivity index (χ1) is 14.6. The molecule has 164 valence electrons. The molecule has 0 bridgehead atoms. The molecule has 3 aromatic rings. The molecule has 1 aliphatic rings. The number of anilines is 1. The van der Waals surface area contributed by atoms with Crippen LogP contribution in [0.1, 0.15) is 48.5 Å². The number of benzene rings is 2. The Labute approximate surface area is 176 Å². The third kappa shape index (κ3) is 3.39. The van der Waals surface area contributed by atoms with Crippen molar-refractivity contribution in [1.82, 2.24) is 4.98 Å². The van der Waals surface area contributed by atoms with Crippen LogP contribution >= 0.6 is 0 Å². The molecule has 1 heterocycles. The number of phenols is 1. The molecule has 4 nitrogen and oxygen atoms in total. The molecule has 3 N–H and O–H groups in total. The monoisotopic (exact) mass is 434 g/mol. The van der Waals surface area contributed by atoms with E-state index in [1.807, 2.05) is 6.92 Å². The van der Waals surface area contributed by atoms with Crippen molar-refractivity contribution in [3.8, 4) is 5.75 Å². The van der Waals surface area contributed by atoms with Crippen LogP contribution in [-0.4, -0.2) is 27.0 Å². The van der Waals surface area contributed by atoms with E-state index >= 15 is 0 Å². The molecule has 3 atom stereocenters. The van der Waals surface area contributed by atoms with E-state index in [2.05, 4.69) is 10.3 Å². The van der Waals surface area contributed by atoms with Gasteiger partial charge >= 0.3 is 6.18 Å². The first-order valence-corrected chi connectivity index (χ1v) is 10.00. The van der Waals surface area contributed by atoms with Gasteiger partial charge in [-0.15, -0.1) is 0 Å². The molecular formula is C23H22F4N2O2. The van der Waals surface area contributed by atoms with Crippen molar-refractivity contribution < 1.29 is 27.8 Å². The van der Waals surface area contributed by atoms with Crippen LogP contribution in [0.15, 0.2) is 42.5 Å². The Hall–Kier alpha value is -2.87. The standard InChI is InChI=1S/C23H22F4N2O2/c1-3-13-11-22(31,23(25,26)27)21(15-9-10-16(24)20(30)19(13)15)29-18-6-4-5-17-14(18)8-7-12(2)28-17/h4-10,13,21,29-31H,3,11H2,1-2H3. The average Bonchev–Trinajstić information content (AvgIpc) is 2.71. The van der Waals surface area contributed by atoms with Gasteiger partial charge in [-0.25, -0.2) is 4.39 Å². The van der Waals surface area contributed by atoms with Crippen LogP contribution in [0.5, 0.6) is 5.75 Å². The summed E-state index contributed by atoms with van der Waals surface area (Å²) < 4.78 is 56.6. The Morgan fingerprint density at radius 1 is 1.16 bits per heavy atom. The van der Waals surface area contributed by atoms with Crippen LogP contribution in [0, 0.1) is 12.7 Å². The molecule has 0 saturated heterocycles. The number of aliphatic hydroxyl groups is 1. The maximum atomic E-state index is 14.2. The summed E-state index contributed by atoms with van der Waals surface area (Å²) in [6.07, 6.45) is -5.46. The van der Waals surface area contributed by atoms with Gasteiger partial charge in [0.2, 0.25) is 0 Å². The number of fused-ring (bicyclic) bond motifs is 2. The Balaban J connectivity index is 1.93. The summed E-state index contributed by atoms with van der Waals surface area (Å²) in [6, 6.07) is 8.96. The van der Waals surface area contributed by atoms with Gasteiger partial charge in [0.1, 0.15) is 0 Å². The van der Waals surface area contributed by atoms with Crippen LogP contribution in [0.4, 0.5) is 23.2 Å². The van der Waals surface area contributed by atoms with Crippen molar-refractivity contribution in [3.63, 3.8) is 0 Å². The van der Waals surface area contributed by atoms with E-state index in [9.17, 15) is 27.8 Å². The maximum absolute atomic E-state index is 14.2. The summed E-state index contributed by atoms with van der Waals surface area (Å²) >= 11 is 0. The minimum absolute atomic E-state index is 0.0221. The summed E-state index contributed by atoms with van der Waals surface area (Å²) in [5, 5.41) is 24.7. The summed E-state index contributed by atoms with van der Waals surface area (Å²) in [6.45, 7) is 3.45. The highest BCUT2D eigenvalue weighted by Gasteiger charge is 2.62. The van der Waals surface area contributed by atoms with E-state index in [-0.39, 0.29) is 17.5 Å². The average molecular weight is 434 g/mol. The molecule has 0 aliphatic heterocycles. The fourth-order valence-corrected chi connectivity index (χ4v) is 4.49. The molecule has 0 saturated carbocycles. The summed E-state index contributed by atoms with van der Waals surface area (Å²) in [5.41, 5.74) is -1.30. The zero-order chi connectivity index (χ0) is 22.6. The van der Waals surface area contributed by atoms with Gasteiger partial charge in [0, 0.05) is 22.3 Å². The van der Waals surface area contributed by atoms with Crippen molar-refractivity contribution in [2.45, 2.75) is 50.4 Å². The van der Waals surface area contributed by atoms with E-state index in [0.717, 1.165) is 11.8 Å². The predicted molar refractivity (Wildman–Crippen MR) is 110 cm³/mol. The number of halogens is 4. The van der Waals surface area contributed by atoms with Gasteiger partial charge in [0.05, 0.1) is 11.6 Å². The van der Waals surface area contributed by atoms with Crippen LogP contribution in [0.25, 0.3) is 10.9 Å². The van der Waals surface area contributed by atoms with Crippen molar-refractivity contribution >= 4 is 16.6 Å². The number of rotatable bonds is 3. The second-order valence-electron chi connectivity index (χ2n) is 8.03. The highest BCUT2D eigenvalue weighted by molar-refractivity contribution is 5.91. The molecule has 2 aromatic carbocycles. The first kappa shape index (κ1) is 21.4. The van der Waals surface area contributed by atoms with Crippen LogP contribution in [0.3, 0.4) is 0 Å². The minimum Gasteiger partial charge on any atom is -0.505 e. The molecule has 0 amide bonds. The number of nitrogens with zero attached hydrogens (tertiary/aromatic N) is 1. The van der Waals surface area contributed by atoms with Crippen LogP contribution in [-0.2, 0) is 0 Å². The number of hydrogen-bond acceptors (Lipinski definition) is 4. The second kappa shape index (κ2) is 7.37. The van der Waals surface area contributed by atoms with Gasteiger partial charge in [-0.3, -0.25) is 4.98 Å². The molecule has 4 rings (SSSR count). The first-order valence-electron chi connectivity index (χ1n) is 10.00. The molecule has 1 aromatic heterocycles. The number of phenolic OH excluding ortho intramolecular Hbond substituents is 1. The fourth-order valence-electron chi connectivity index (χ4n) is 4.49. The lowest BCUT2D eigenvalue weighted by molar-refractivity contribution is -0.272. The summed E-state index contributed by atoms with van der Waals surface area (Å²) in [7, 11) is 0. The molecule has 0 spiro atoms. The predicted octanol–water partition coefficient (Wildman–Crippen LogP) is 5.73. The highest BCUT2D eigenvalue weighted by Crippen LogP contribution is 2.55. The SMILES string of the molecule is CCC1CC(O)(C(F)(F)F)C(Nc2cccc3nc(C)ccc23)c2ccc(F)c(O)c21. The van der Waals surface area contributed by atoms with Gasteiger partial charge in [-0.05, 0) is 61.6 Å². The quantitative estimate of drug-likeness (QED) is 0.461. The van der Waals surface area contributed by atoms with Crippen LogP contribution < -0.4 is 5.32 Å². The number of nitrogens with one attached hydrogen (secondary N) is 1. The lowest BCUT2D eigenvalue weighted by Gasteiger charge is -2.45. The zero-order valence-electron chi connectivity index (χ0n) is 17.0. The molecule has 8 heteroatoms. The van der Waals surface area contributed by atoms with Gasteiger partial charge in [-0.1, -0.05) is 19.1 Å². The van der Waals surface area contributed by atoms with E-state index in [1.165, 1.54) is 6.07 Å². The van der Waals surface area contributed by atoms with Gasteiger partial charge in [0.25, 0.3) is 0 Å². The van der Waals surface area contributed by atoms with E-state index in [0.29, 0.717) is 16.6 Å². The van der Waals surface area contributed by atoms with Crippen molar-refractivity contribution in [1.29, 1.82) is 0 Å². The van der Waals surface area contributed by atoms with Gasteiger partial charge < -0.3 is 15.5 Å². The Morgan fingerprint density at radius 2 is 1.90 bits per heavy atom. The molecule has 0 radical (unpaired) electrons. The lowest BCUT2D eigenvalue weighted by Crippen LogP contribution is -2.55. The van der Waals surface area contributed by atoms with Crippen LogP contribution in [0.2, 0.25) is 0 Å². The summed E-state index contributed by atoms with van der Waals surface area (Å²) in [5.74, 6) is -2.43. The maximum Gasteiger partial charge on any atom is 0.419 e. The number of alkyl halides is 3. The second-order valence-corrected chi connectivity index (χ2v) is 8.03. The Bertz CT molecular complexity index is 1150. The minimum atomic E-state index is -4.96. The molecule has 0 fully saturated rings. The smallest absolute Gasteiger partial charge is 0.419 e. The lowest BCUT2D eigenvalue weighted by atomic mass is 9.69. The Morgan fingerprint density at radius 3 is 2.58 bits per heavy atom. The number of aromatic hydroxyl groups is 1. The normalized spacial score (nSPS) is 23.6. The topological polar surface area (TPSA) is 65.4 Å². The van der Waals surface area contributed by atoms with Crippen molar-refractivity contribution in [3.05, 3.63) is 65.1 Å². The van der Waals surface area contributed by atoms with Crippen molar-refractivity contribution in [2.24, 2.45) is 0 Å². The summed E-state index contributed by atoms with van der Waals surface area (Å²) in [4.78, 5) is 4.40. The highest BCUT2D eigenvalue weighted by atomic mass is 19.4.